The quantitative estimate of drug-likeness (QED) is 0.720. The maximum absolute atomic E-state index is 4.57. The number of nitrogens with zero attached hydrogens (tertiary/aromatic N) is 6. The molecule has 1 aliphatic rings. The molecule has 0 bridgehead atoms. The van der Waals surface area contributed by atoms with Gasteiger partial charge in [-0.3, -0.25) is 0 Å². The van der Waals surface area contributed by atoms with Gasteiger partial charge in [0.15, 0.2) is 0 Å². The van der Waals surface area contributed by atoms with E-state index >= 15 is 0 Å². The van der Waals surface area contributed by atoms with Crippen molar-refractivity contribution in [1.29, 1.82) is 0 Å². The van der Waals surface area contributed by atoms with Crippen LogP contribution in [0.5, 0.6) is 0 Å². The van der Waals surface area contributed by atoms with Crippen LogP contribution in [0, 0.1) is 13.8 Å². The SMILES string of the molecule is Cc1cnc(N(C)C2CCN(c3ncnc4c(C)csc34)CC2)nc1. The molecule has 6 nitrogen and oxygen atoms in total. The van der Waals surface area contributed by atoms with Gasteiger partial charge in [0, 0.05) is 38.6 Å². The lowest BCUT2D eigenvalue weighted by atomic mass is 10.0. The van der Waals surface area contributed by atoms with Crippen molar-refractivity contribution in [2.45, 2.75) is 32.7 Å². The van der Waals surface area contributed by atoms with Crippen molar-refractivity contribution >= 4 is 33.3 Å². The Morgan fingerprint density at radius 1 is 1.08 bits per heavy atom. The van der Waals surface area contributed by atoms with Crippen molar-refractivity contribution < 1.29 is 0 Å². The Balaban J connectivity index is 1.48. The highest BCUT2D eigenvalue weighted by molar-refractivity contribution is 7.18. The van der Waals surface area contributed by atoms with Gasteiger partial charge in [0.2, 0.25) is 5.95 Å². The van der Waals surface area contributed by atoms with Gasteiger partial charge in [-0.1, -0.05) is 0 Å². The van der Waals surface area contributed by atoms with Gasteiger partial charge in [-0.2, -0.15) is 0 Å². The molecule has 0 N–H and O–H groups in total. The van der Waals surface area contributed by atoms with Gasteiger partial charge < -0.3 is 9.80 Å². The van der Waals surface area contributed by atoms with E-state index in [2.05, 4.69) is 49.1 Å². The van der Waals surface area contributed by atoms with Crippen molar-refractivity contribution in [2.75, 3.05) is 29.9 Å². The van der Waals surface area contributed by atoms with Crippen LogP contribution in [0.15, 0.2) is 24.1 Å². The van der Waals surface area contributed by atoms with Gasteiger partial charge in [0.05, 0.1) is 10.2 Å². The van der Waals surface area contributed by atoms with Crippen molar-refractivity contribution in [3.63, 3.8) is 0 Å². The van der Waals surface area contributed by atoms with Crippen molar-refractivity contribution in [3.05, 3.63) is 35.2 Å². The summed E-state index contributed by atoms with van der Waals surface area (Å²) in [5.74, 6) is 1.89. The Morgan fingerprint density at radius 3 is 2.52 bits per heavy atom. The van der Waals surface area contributed by atoms with Crippen LogP contribution in [-0.4, -0.2) is 46.1 Å². The topological polar surface area (TPSA) is 58.0 Å². The Kier molecular flexibility index (Phi) is 4.25. The summed E-state index contributed by atoms with van der Waals surface area (Å²) in [7, 11) is 2.09. The van der Waals surface area contributed by atoms with E-state index in [1.165, 1.54) is 10.3 Å². The van der Waals surface area contributed by atoms with Crippen LogP contribution in [0.4, 0.5) is 11.8 Å². The number of anilines is 2. The molecule has 0 aliphatic carbocycles. The Labute approximate surface area is 151 Å². The van der Waals surface area contributed by atoms with Crippen LogP contribution in [0.25, 0.3) is 10.2 Å². The second-order valence-corrected chi connectivity index (χ2v) is 7.56. The first-order chi connectivity index (χ1) is 12.1. The minimum Gasteiger partial charge on any atom is -0.355 e. The third-order valence-corrected chi connectivity index (χ3v) is 5.99. The molecule has 4 heterocycles. The van der Waals surface area contributed by atoms with E-state index in [4.69, 9.17) is 0 Å². The largest absolute Gasteiger partial charge is 0.355 e. The fourth-order valence-corrected chi connectivity index (χ4v) is 4.40. The zero-order valence-corrected chi connectivity index (χ0v) is 15.6. The molecule has 0 amide bonds. The summed E-state index contributed by atoms with van der Waals surface area (Å²) in [6.07, 6.45) is 7.60. The van der Waals surface area contributed by atoms with Crippen molar-refractivity contribution in [3.8, 4) is 0 Å². The van der Waals surface area contributed by atoms with Crippen LogP contribution in [0.2, 0.25) is 0 Å². The van der Waals surface area contributed by atoms with Crippen LogP contribution in [-0.2, 0) is 0 Å². The van der Waals surface area contributed by atoms with Gasteiger partial charge in [-0.05, 0) is 43.2 Å². The Bertz CT molecular complexity index is 867. The summed E-state index contributed by atoms with van der Waals surface area (Å²) >= 11 is 1.74. The monoisotopic (exact) mass is 354 g/mol. The molecular weight excluding hydrogens is 332 g/mol. The number of rotatable bonds is 3. The van der Waals surface area contributed by atoms with Gasteiger partial charge in [0.1, 0.15) is 12.1 Å². The minimum absolute atomic E-state index is 0.460. The number of piperidine rings is 1. The lowest BCUT2D eigenvalue weighted by Gasteiger charge is -2.37. The molecule has 1 saturated heterocycles. The van der Waals surface area contributed by atoms with Gasteiger partial charge in [0.25, 0.3) is 0 Å². The second kappa shape index (κ2) is 6.55. The lowest BCUT2D eigenvalue weighted by Crippen LogP contribution is -2.44. The average molecular weight is 354 g/mol. The first kappa shape index (κ1) is 16.2. The third-order valence-electron chi connectivity index (χ3n) is 4.91. The van der Waals surface area contributed by atoms with E-state index in [-0.39, 0.29) is 0 Å². The van der Waals surface area contributed by atoms with Gasteiger partial charge in [-0.25, -0.2) is 19.9 Å². The standard InChI is InChI=1S/C18H22N6S/c1-12-8-19-18(20-9-12)23(3)14-4-6-24(7-5-14)17-16-15(21-11-22-17)13(2)10-25-16/h8-11,14H,4-7H2,1-3H3. The highest BCUT2D eigenvalue weighted by Crippen LogP contribution is 2.32. The molecule has 0 aromatic carbocycles. The van der Waals surface area contributed by atoms with E-state index in [9.17, 15) is 0 Å². The van der Waals surface area contributed by atoms with Gasteiger partial charge >= 0.3 is 0 Å². The van der Waals surface area contributed by atoms with Crippen molar-refractivity contribution in [2.24, 2.45) is 0 Å². The third kappa shape index (κ3) is 3.04. The summed E-state index contributed by atoms with van der Waals surface area (Å²) in [5, 5.41) is 2.16. The molecule has 0 unspecified atom stereocenters. The fraction of sp³-hybridized carbons (Fsp3) is 0.444. The molecule has 0 spiro atoms. The molecule has 1 aliphatic heterocycles. The first-order valence-corrected chi connectivity index (χ1v) is 9.46. The molecule has 3 aromatic heterocycles. The maximum atomic E-state index is 4.57. The minimum atomic E-state index is 0.460. The smallest absolute Gasteiger partial charge is 0.225 e. The molecule has 0 saturated carbocycles. The fourth-order valence-electron chi connectivity index (χ4n) is 3.38. The van der Waals surface area contributed by atoms with Gasteiger partial charge in [-0.15, -0.1) is 11.3 Å². The van der Waals surface area contributed by atoms with Crippen molar-refractivity contribution in [1.82, 2.24) is 19.9 Å². The van der Waals surface area contributed by atoms with Crippen LogP contribution in [0.1, 0.15) is 24.0 Å². The summed E-state index contributed by atoms with van der Waals surface area (Å²) in [5.41, 5.74) is 3.41. The summed E-state index contributed by atoms with van der Waals surface area (Å²) in [4.78, 5) is 22.5. The highest BCUT2D eigenvalue weighted by atomic mass is 32.1. The van der Waals surface area contributed by atoms with Crippen LogP contribution >= 0.6 is 11.3 Å². The molecule has 0 radical (unpaired) electrons. The van der Waals surface area contributed by atoms with E-state index in [1.807, 2.05) is 19.3 Å². The predicted molar refractivity (Wildman–Crippen MR) is 103 cm³/mol. The highest BCUT2D eigenvalue weighted by Gasteiger charge is 2.26. The Hall–Kier alpha value is -2.28. The number of thiophene rings is 1. The van der Waals surface area contributed by atoms with E-state index < -0.39 is 0 Å². The molecule has 25 heavy (non-hydrogen) atoms. The Morgan fingerprint density at radius 2 is 1.80 bits per heavy atom. The van der Waals surface area contributed by atoms with Crippen LogP contribution < -0.4 is 9.80 Å². The summed E-state index contributed by atoms with van der Waals surface area (Å²) < 4.78 is 1.20. The van der Waals surface area contributed by atoms with E-state index in [0.29, 0.717) is 6.04 Å². The molecule has 0 atom stereocenters. The molecule has 1 fully saturated rings. The average Bonchev–Trinajstić information content (AvgIpc) is 3.03. The first-order valence-electron chi connectivity index (χ1n) is 8.58. The zero-order chi connectivity index (χ0) is 17.4. The van der Waals surface area contributed by atoms with E-state index in [1.54, 1.807) is 17.7 Å². The van der Waals surface area contributed by atoms with E-state index in [0.717, 1.165) is 48.8 Å². The number of aromatic nitrogens is 4. The molecular formula is C18H22N6S. The van der Waals surface area contributed by atoms with Crippen LogP contribution in [0.3, 0.4) is 0 Å². The number of fused-ring (bicyclic) bond motifs is 1. The number of hydrogen-bond donors (Lipinski definition) is 0. The zero-order valence-electron chi connectivity index (χ0n) is 14.8. The normalized spacial score (nSPS) is 15.7. The molecule has 3 aromatic rings. The number of hydrogen-bond acceptors (Lipinski definition) is 7. The number of aryl methyl sites for hydroxylation is 2. The summed E-state index contributed by atoms with van der Waals surface area (Å²) in [6.45, 7) is 6.10. The lowest BCUT2D eigenvalue weighted by molar-refractivity contribution is 0.476. The summed E-state index contributed by atoms with van der Waals surface area (Å²) in [6, 6.07) is 0.460. The second-order valence-electron chi connectivity index (χ2n) is 6.68. The maximum Gasteiger partial charge on any atom is 0.225 e. The molecule has 4 rings (SSSR count). The predicted octanol–water partition coefficient (Wildman–Crippen LogP) is 3.20. The molecule has 7 heteroatoms. The molecule has 130 valence electrons.